The van der Waals surface area contributed by atoms with Crippen LogP contribution in [0.5, 0.6) is 0 Å². The predicted molar refractivity (Wildman–Crippen MR) is 81.8 cm³/mol. The largest absolute Gasteiger partial charge is 0.370 e. The van der Waals surface area contributed by atoms with Crippen LogP contribution in [0.2, 0.25) is 0 Å². The first-order valence-electron chi connectivity index (χ1n) is 7.65. The van der Waals surface area contributed by atoms with Crippen LogP contribution in [-0.4, -0.2) is 17.5 Å². The van der Waals surface area contributed by atoms with Gasteiger partial charge in [-0.05, 0) is 42.4 Å². The van der Waals surface area contributed by atoms with Crippen molar-refractivity contribution >= 4 is 0 Å². The van der Waals surface area contributed by atoms with Crippen molar-refractivity contribution in [1.82, 2.24) is 4.90 Å². The van der Waals surface area contributed by atoms with E-state index in [4.69, 9.17) is 5.73 Å². The Morgan fingerprint density at radius 1 is 1.33 bits per heavy atom. The van der Waals surface area contributed by atoms with Crippen LogP contribution < -0.4 is 5.73 Å². The summed E-state index contributed by atoms with van der Waals surface area (Å²) in [5, 5.41) is 0. The molecule has 1 aliphatic rings. The predicted octanol–water partition coefficient (Wildman–Crippen LogP) is 3.92. The van der Waals surface area contributed by atoms with Gasteiger partial charge in [0.2, 0.25) is 0 Å². The highest BCUT2D eigenvalue weighted by atomic mass is 19.2. The number of rotatable bonds is 3. The Morgan fingerprint density at radius 2 is 2.05 bits per heavy atom. The molecule has 1 heterocycles. The third-order valence-corrected chi connectivity index (χ3v) is 4.35. The highest BCUT2D eigenvalue weighted by molar-refractivity contribution is 5.35. The Hall–Kier alpha value is -1.42. The van der Waals surface area contributed by atoms with E-state index in [9.17, 15) is 8.78 Å². The molecule has 0 saturated heterocycles. The monoisotopic (exact) mass is 294 g/mol. The molecule has 2 rings (SSSR count). The Labute approximate surface area is 125 Å². The number of nitrogens with two attached hydrogens (primary N) is 1. The maximum Gasteiger partial charge on any atom is 0.162 e. The fourth-order valence-electron chi connectivity index (χ4n) is 3.15. The van der Waals surface area contributed by atoms with Gasteiger partial charge in [0, 0.05) is 24.8 Å². The highest BCUT2D eigenvalue weighted by Crippen LogP contribution is 2.35. The zero-order chi connectivity index (χ0) is 15.6. The SMILES string of the molecule is C=C1C(N)CC(CC)c2c(ccc(F)c2F)CN1CCC. The number of halogens is 2. The van der Waals surface area contributed by atoms with Crippen molar-refractivity contribution < 1.29 is 8.78 Å². The second-order valence-electron chi connectivity index (χ2n) is 5.79. The number of fused-ring (bicyclic) bond motifs is 1. The molecule has 2 nitrogen and oxygen atoms in total. The van der Waals surface area contributed by atoms with Crippen LogP contribution in [0.25, 0.3) is 0 Å². The standard InChI is InChI=1S/C17H24F2N2/c1-4-8-21-10-13-6-7-14(18)17(19)16(13)12(5-2)9-15(20)11(21)3/h6-7,12,15H,3-5,8-10,20H2,1-2H3. The lowest BCUT2D eigenvalue weighted by molar-refractivity contribution is 0.293. The minimum absolute atomic E-state index is 0.0637. The lowest BCUT2D eigenvalue weighted by Gasteiger charge is -2.36. The molecular weight excluding hydrogens is 270 g/mol. The van der Waals surface area contributed by atoms with E-state index in [-0.39, 0.29) is 12.0 Å². The molecule has 2 atom stereocenters. The Kier molecular flexibility index (Phi) is 4.99. The third kappa shape index (κ3) is 3.10. The number of hydrogen-bond acceptors (Lipinski definition) is 2. The molecule has 0 amide bonds. The van der Waals surface area contributed by atoms with Crippen molar-refractivity contribution in [2.45, 2.75) is 51.6 Å². The van der Waals surface area contributed by atoms with Crippen LogP contribution >= 0.6 is 0 Å². The summed E-state index contributed by atoms with van der Waals surface area (Å²) in [4.78, 5) is 2.09. The Morgan fingerprint density at radius 3 is 2.67 bits per heavy atom. The summed E-state index contributed by atoms with van der Waals surface area (Å²) in [6, 6.07) is 2.70. The van der Waals surface area contributed by atoms with E-state index in [1.54, 1.807) is 6.07 Å². The van der Waals surface area contributed by atoms with Crippen LogP contribution in [-0.2, 0) is 6.54 Å². The van der Waals surface area contributed by atoms with Gasteiger partial charge in [0.25, 0.3) is 0 Å². The van der Waals surface area contributed by atoms with Crippen LogP contribution in [0.1, 0.15) is 50.2 Å². The quantitative estimate of drug-likeness (QED) is 0.915. The summed E-state index contributed by atoms with van der Waals surface area (Å²) in [5.41, 5.74) is 8.47. The van der Waals surface area contributed by atoms with Gasteiger partial charge in [-0.2, -0.15) is 0 Å². The normalized spacial score (nSPS) is 22.7. The Balaban J connectivity index is 2.51. The van der Waals surface area contributed by atoms with Crippen molar-refractivity contribution in [2.24, 2.45) is 5.73 Å². The molecule has 4 heteroatoms. The van der Waals surface area contributed by atoms with Gasteiger partial charge in [-0.25, -0.2) is 8.78 Å². The Bertz CT molecular complexity index is 528. The van der Waals surface area contributed by atoms with Gasteiger partial charge in [0.15, 0.2) is 11.6 Å². The molecule has 2 N–H and O–H groups in total. The molecule has 0 bridgehead atoms. The minimum atomic E-state index is -0.776. The van der Waals surface area contributed by atoms with Gasteiger partial charge in [-0.3, -0.25) is 0 Å². The number of benzene rings is 1. The van der Waals surface area contributed by atoms with Gasteiger partial charge >= 0.3 is 0 Å². The molecular formula is C17H24F2N2. The first kappa shape index (κ1) is 16.0. The summed E-state index contributed by atoms with van der Waals surface area (Å²) in [5.74, 6) is -1.55. The zero-order valence-corrected chi connectivity index (χ0v) is 12.8. The minimum Gasteiger partial charge on any atom is -0.370 e. The molecule has 0 radical (unpaired) electrons. The van der Waals surface area contributed by atoms with E-state index >= 15 is 0 Å². The maximum atomic E-state index is 14.3. The fourth-order valence-corrected chi connectivity index (χ4v) is 3.15. The van der Waals surface area contributed by atoms with Crippen molar-refractivity contribution in [3.63, 3.8) is 0 Å². The van der Waals surface area contributed by atoms with E-state index in [1.807, 2.05) is 6.92 Å². The first-order valence-corrected chi connectivity index (χ1v) is 7.65. The number of nitrogens with zero attached hydrogens (tertiary/aromatic N) is 1. The average molecular weight is 294 g/mol. The van der Waals surface area contributed by atoms with Crippen molar-refractivity contribution in [1.29, 1.82) is 0 Å². The summed E-state index contributed by atoms with van der Waals surface area (Å²) in [6.45, 7) is 9.55. The fraction of sp³-hybridized carbons (Fsp3) is 0.529. The molecule has 116 valence electrons. The second-order valence-corrected chi connectivity index (χ2v) is 5.79. The molecule has 0 spiro atoms. The van der Waals surface area contributed by atoms with Crippen LogP contribution in [0.4, 0.5) is 8.78 Å². The molecule has 0 fully saturated rings. The van der Waals surface area contributed by atoms with Crippen LogP contribution in [0.3, 0.4) is 0 Å². The molecule has 1 aromatic carbocycles. The van der Waals surface area contributed by atoms with Crippen molar-refractivity contribution in [3.8, 4) is 0 Å². The maximum absolute atomic E-state index is 14.3. The van der Waals surface area contributed by atoms with Gasteiger partial charge in [-0.1, -0.05) is 26.5 Å². The molecule has 1 aromatic rings. The van der Waals surface area contributed by atoms with Crippen LogP contribution in [0, 0.1) is 11.6 Å². The molecule has 21 heavy (non-hydrogen) atoms. The smallest absolute Gasteiger partial charge is 0.162 e. The highest BCUT2D eigenvalue weighted by Gasteiger charge is 2.28. The molecule has 2 unspecified atom stereocenters. The second kappa shape index (κ2) is 6.56. The van der Waals surface area contributed by atoms with Crippen LogP contribution in [0.15, 0.2) is 24.4 Å². The first-order chi connectivity index (χ1) is 9.99. The van der Waals surface area contributed by atoms with Crippen molar-refractivity contribution in [3.05, 3.63) is 47.2 Å². The van der Waals surface area contributed by atoms with Gasteiger partial charge in [0.1, 0.15) is 0 Å². The summed E-state index contributed by atoms with van der Waals surface area (Å²) >= 11 is 0. The summed E-state index contributed by atoms with van der Waals surface area (Å²) in [6.07, 6.45) is 2.30. The van der Waals surface area contributed by atoms with Gasteiger partial charge < -0.3 is 10.6 Å². The van der Waals surface area contributed by atoms with Gasteiger partial charge in [-0.15, -0.1) is 0 Å². The topological polar surface area (TPSA) is 29.3 Å². The lowest BCUT2D eigenvalue weighted by atomic mass is 9.84. The lowest BCUT2D eigenvalue weighted by Crippen LogP contribution is -2.38. The third-order valence-electron chi connectivity index (χ3n) is 4.35. The zero-order valence-electron chi connectivity index (χ0n) is 12.8. The van der Waals surface area contributed by atoms with E-state index < -0.39 is 11.6 Å². The molecule has 0 aliphatic carbocycles. The van der Waals surface area contributed by atoms with Crippen molar-refractivity contribution in [2.75, 3.05) is 6.54 Å². The van der Waals surface area contributed by atoms with E-state index in [1.165, 1.54) is 6.07 Å². The average Bonchev–Trinajstić information content (AvgIpc) is 2.47. The van der Waals surface area contributed by atoms with E-state index in [0.717, 1.165) is 30.6 Å². The summed E-state index contributed by atoms with van der Waals surface area (Å²) in [7, 11) is 0. The molecule has 0 aromatic heterocycles. The number of hydrogen-bond donors (Lipinski definition) is 1. The molecule has 0 saturated carbocycles. The van der Waals surface area contributed by atoms with E-state index in [2.05, 4.69) is 18.4 Å². The summed E-state index contributed by atoms with van der Waals surface area (Å²) < 4.78 is 27.9. The van der Waals surface area contributed by atoms with E-state index in [0.29, 0.717) is 18.5 Å². The van der Waals surface area contributed by atoms with Gasteiger partial charge in [0.05, 0.1) is 0 Å². The molecule has 1 aliphatic heterocycles.